The number of amides is 2. The van der Waals surface area contributed by atoms with Crippen LogP contribution in [-0.2, 0) is 16.1 Å². The van der Waals surface area contributed by atoms with Gasteiger partial charge in [0, 0.05) is 44.3 Å². The number of carbonyl (C=O) groups excluding carboxylic acids is 2. The average Bonchev–Trinajstić information content (AvgIpc) is 3.37. The number of nitrogens with one attached hydrogen (secondary N) is 1. The van der Waals surface area contributed by atoms with Crippen molar-refractivity contribution in [2.24, 2.45) is 5.92 Å². The smallest absolute Gasteiger partial charge is 0.227 e. The number of aryl methyl sites for hydroxylation is 1. The van der Waals surface area contributed by atoms with E-state index in [1.165, 1.54) is 5.56 Å². The van der Waals surface area contributed by atoms with E-state index in [0.29, 0.717) is 6.54 Å². The van der Waals surface area contributed by atoms with E-state index < -0.39 is 0 Å². The van der Waals surface area contributed by atoms with Gasteiger partial charge >= 0.3 is 0 Å². The van der Waals surface area contributed by atoms with Crippen molar-refractivity contribution in [3.8, 4) is 0 Å². The number of likely N-dealkylation sites (tertiary alicyclic amines) is 1. The molecule has 1 unspecified atom stereocenters. The van der Waals surface area contributed by atoms with E-state index >= 15 is 0 Å². The minimum Gasteiger partial charge on any atom is -0.353 e. The molecule has 2 aliphatic rings. The number of anilines is 1. The molecule has 2 fully saturated rings. The van der Waals surface area contributed by atoms with E-state index in [9.17, 15) is 9.59 Å². The van der Waals surface area contributed by atoms with Crippen LogP contribution in [0.25, 0.3) is 10.2 Å². The van der Waals surface area contributed by atoms with Gasteiger partial charge in [-0.1, -0.05) is 30.3 Å². The van der Waals surface area contributed by atoms with Crippen LogP contribution in [0.5, 0.6) is 0 Å². The van der Waals surface area contributed by atoms with Gasteiger partial charge in [0.05, 0.1) is 21.1 Å². The number of hydrogen-bond donors (Lipinski definition) is 1. The molecule has 6 nitrogen and oxygen atoms in total. The van der Waals surface area contributed by atoms with Gasteiger partial charge in [0.15, 0.2) is 0 Å². The van der Waals surface area contributed by atoms with E-state index in [4.69, 9.17) is 0 Å². The average molecular weight is 449 g/mol. The summed E-state index contributed by atoms with van der Waals surface area (Å²) >= 11 is 1.65. The summed E-state index contributed by atoms with van der Waals surface area (Å²) in [4.78, 5) is 34.3. The lowest BCUT2D eigenvalue weighted by molar-refractivity contribution is -0.127. The maximum Gasteiger partial charge on any atom is 0.227 e. The fourth-order valence-corrected chi connectivity index (χ4v) is 5.54. The first-order valence-electron chi connectivity index (χ1n) is 11.3. The second-order valence-electron chi connectivity index (χ2n) is 8.83. The molecule has 3 aromatic rings. The summed E-state index contributed by atoms with van der Waals surface area (Å²) in [6.07, 6.45) is 2.17. The zero-order valence-electron chi connectivity index (χ0n) is 18.3. The first-order chi connectivity index (χ1) is 15.5. The van der Waals surface area contributed by atoms with Crippen LogP contribution in [0, 0.1) is 12.8 Å². The van der Waals surface area contributed by atoms with Gasteiger partial charge in [-0.05, 0) is 43.5 Å². The lowest BCUT2D eigenvalue weighted by Gasteiger charge is -2.32. The van der Waals surface area contributed by atoms with Crippen molar-refractivity contribution in [3.63, 3.8) is 0 Å². The Morgan fingerprint density at radius 1 is 1.16 bits per heavy atom. The molecule has 7 heteroatoms. The Labute approximate surface area is 192 Å². The van der Waals surface area contributed by atoms with Gasteiger partial charge in [-0.3, -0.25) is 14.5 Å². The zero-order valence-corrected chi connectivity index (χ0v) is 19.1. The molecule has 0 aliphatic carbocycles. The van der Waals surface area contributed by atoms with Crippen LogP contribution < -0.4 is 10.2 Å². The highest BCUT2D eigenvalue weighted by Crippen LogP contribution is 2.30. The molecule has 2 aliphatic heterocycles. The van der Waals surface area contributed by atoms with Crippen molar-refractivity contribution in [2.75, 3.05) is 24.5 Å². The van der Waals surface area contributed by atoms with Gasteiger partial charge in [0.1, 0.15) is 0 Å². The van der Waals surface area contributed by atoms with Crippen molar-refractivity contribution in [2.45, 2.75) is 38.8 Å². The Balaban J connectivity index is 1.15. The van der Waals surface area contributed by atoms with Gasteiger partial charge in [-0.25, -0.2) is 4.98 Å². The van der Waals surface area contributed by atoms with Crippen molar-refractivity contribution in [1.29, 1.82) is 0 Å². The number of thiazole rings is 1. The maximum absolute atomic E-state index is 12.9. The third kappa shape index (κ3) is 4.54. The first kappa shape index (κ1) is 21.1. The lowest BCUT2D eigenvalue weighted by Crippen LogP contribution is -2.46. The summed E-state index contributed by atoms with van der Waals surface area (Å²) < 4.78 is 1.12. The monoisotopic (exact) mass is 448 g/mol. The molecule has 2 saturated heterocycles. The molecule has 2 aromatic carbocycles. The molecule has 32 heavy (non-hydrogen) atoms. The highest BCUT2D eigenvalue weighted by atomic mass is 32.1. The molecule has 0 spiro atoms. The third-order valence-corrected chi connectivity index (χ3v) is 7.42. The molecule has 1 atom stereocenters. The van der Waals surface area contributed by atoms with Crippen LogP contribution in [-0.4, -0.2) is 47.4 Å². The Morgan fingerprint density at radius 3 is 2.72 bits per heavy atom. The number of nitrogens with zero attached hydrogens (tertiary/aromatic N) is 3. The van der Waals surface area contributed by atoms with Crippen LogP contribution in [0.2, 0.25) is 0 Å². The van der Waals surface area contributed by atoms with Gasteiger partial charge in [-0.15, -0.1) is 11.3 Å². The largest absolute Gasteiger partial charge is 0.353 e. The van der Waals surface area contributed by atoms with Crippen LogP contribution in [0.15, 0.2) is 48.5 Å². The Morgan fingerprint density at radius 2 is 1.94 bits per heavy atom. The predicted molar refractivity (Wildman–Crippen MR) is 128 cm³/mol. The molecule has 5 rings (SSSR count). The summed E-state index contributed by atoms with van der Waals surface area (Å²) in [7, 11) is 0. The maximum atomic E-state index is 12.9. The molecular formula is C25H28N4O2S. The number of rotatable bonds is 5. The highest BCUT2D eigenvalue weighted by molar-refractivity contribution is 7.18. The SMILES string of the molecule is Cc1nc2cc(N3CC(C(=O)NC4CCN(Cc5ccccc5)CC4)CC3=O)ccc2s1. The Bertz CT molecular complexity index is 1120. The molecule has 3 heterocycles. The van der Waals surface area contributed by atoms with Crippen LogP contribution in [0.3, 0.4) is 0 Å². The van der Waals surface area contributed by atoms with Crippen LogP contribution in [0.4, 0.5) is 5.69 Å². The summed E-state index contributed by atoms with van der Waals surface area (Å²) in [6, 6.07) is 16.6. The summed E-state index contributed by atoms with van der Waals surface area (Å²) in [6.45, 7) is 5.33. The third-order valence-electron chi connectivity index (χ3n) is 6.47. The molecule has 1 N–H and O–H groups in total. The van der Waals surface area contributed by atoms with Gasteiger partial charge in [-0.2, -0.15) is 0 Å². The molecule has 0 radical (unpaired) electrons. The molecule has 1 aromatic heterocycles. The van der Waals surface area contributed by atoms with Crippen molar-refractivity contribution >= 4 is 39.1 Å². The number of benzene rings is 2. The van der Waals surface area contributed by atoms with E-state index in [2.05, 4.69) is 39.5 Å². The Hall–Kier alpha value is -2.77. The molecule has 166 valence electrons. The second kappa shape index (κ2) is 9.00. The van der Waals surface area contributed by atoms with Gasteiger partial charge < -0.3 is 10.2 Å². The van der Waals surface area contributed by atoms with Crippen LogP contribution >= 0.6 is 11.3 Å². The minimum absolute atomic E-state index is 0.00735. The quantitative estimate of drug-likeness (QED) is 0.646. The topological polar surface area (TPSA) is 65.5 Å². The summed E-state index contributed by atoms with van der Waals surface area (Å²) in [5, 5.41) is 4.23. The highest BCUT2D eigenvalue weighted by Gasteiger charge is 2.36. The van der Waals surface area contributed by atoms with E-state index in [-0.39, 0.29) is 30.2 Å². The molecule has 2 amide bonds. The normalized spacial score (nSPS) is 20.2. The zero-order chi connectivity index (χ0) is 22.1. The van der Waals surface area contributed by atoms with E-state index in [1.807, 2.05) is 31.2 Å². The molecular weight excluding hydrogens is 420 g/mol. The van der Waals surface area contributed by atoms with Crippen LogP contribution in [0.1, 0.15) is 29.8 Å². The molecule has 0 bridgehead atoms. The summed E-state index contributed by atoms with van der Waals surface area (Å²) in [5.74, 6) is -0.278. The fraction of sp³-hybridized carbons (Fsp3) is 0.400. The second-order valence-corrected chi connectivity index (χ2v) is 10.1. The van der Waals surface area contributed by atoms with Gasteiger partial charge in [0.25, 0.3) is 0 Å². The van der Waals surface area contributed by atoms with Crippen molar-refractivity contribution in [3.05, 3.63) is 59.1 Å². The molecule has 0 saturated carbocycles. The van der Waals surface area contributed by atoms with Crippen molar-refractivity contribution in [1.82, 2.24) is 15.2 Å². The fourth-order valence-electron chi connectivity index (χ4n) is 4.73. The summed E-state index contributed by atoms with van der Waals surface area (Å²) in [5.41, 5.74) is 3.07. The number of fused-ring (bicyclic) bond motifs is 1. The number of aromatic nitrogens is 1. The Kier molecular flexibility index (Phi) is 5.93. The van der Waals surface area contributed by atoms with E-state index in [0.717, 1.165) is 53.4 Å². The van der Waals surface area contributed by atoms with E-state index in [1.54, 1.807) is 16.2 Å². The van der Waals surface area contributed by atoms with Crippen molar-refractivity contribution < 1.29 is 9.59 Å². The lowest BCUT2D eigenvalue weighted by atomic mass is 10.0. The first-order valence-corrected chi connectivity index (χ1v) is 12.1. The van der Waals surface area contributed by atoms with Gasteiger partial charge in [0.2, 0.25) is 11.8 Å². The predicted octanol–water partition coefficient (Wildman–Crippen LogP) is 3.74. The number of piperidine rings is 1. The standard InChI is InChI=1S/C25H28N4O2S/c1-17-26-22-14-21(7-8-23(22)32-17)29-16-19(13-24(29)30)25(31)27-20-9-11-28(12-10-20)15-18-5-3-2-4-6-18/h2-8,14,19-20H,9-13,15-16H2,1H3,(H,27,31). The minimum atomic E-state index is -0.294. The number of carbonyl (C=O) groups is 2. The number of hydrogen-bond acceptors (Lipinski definition) is 5.